The third-order valence-corrected chi connectivity index (χ3v) is 5.92. The molecule has 3 atom stereocenters. The summed E-state index contributed by atoms with van der Waals surface area (Å²) in [5, 5.41) is 3.79. The molecule has 0 saturated carbocycles. The Balaban J connectivity index is 1.60. The minimum Gasteiger partial charge on any atom is -0.310 e. The number of benzene rings is 1. The lowest BCUT2D eigenvalue weighted by Crippen LogP contribution is -2.37. The van der Waals surface area contributed by atoms with E-state index in [2.05, 4.69) is 44.3 Å². The Kier molecular flexibility index (Phi) is 3.17. The SMILES string of the molecule is Brc1cccc2c1CCC2N1CCC2CCC(C1)N2. The molecule has 3 unspecified atom stereocenters. The van der Waals surface area contributed by atoms with Crippen molar-refractivity contribution in [1.82, 2.24) is 10.2 Å². The van der Waals surface area contributed by atoms with Gasteiger partial charge in [0, 0.05) is 35.7 Å². The van der Waals surface area contributed by atoms with Crippen LogP contribution in [0.5, 0.6) is 0 Å². The lowest BCUT2D eigenvalue weighted by atomic mass is 10.0. The number of hydrogen-bond acceptors (Lipinski definition) is 2. The van der Waals surface area contributed by atoms with Crippen LogP contribution in [0.4, 0.5) is 0 Å². The Morgan fingerprint density at radius 1 is 1.11 bits per heavy atom. The standard InChI is InChI=1S/C16H21BrN2/c17-15-3-1-2-14-13(15)6-7-16(14)19-9-8-11-4-5-12(10-19)18-11/h1-3,11-12,16,18H,4-10H2. The minimum atomic E-state index is 0.661. The Hall–Kier alpha value is -0.380. The highest BCUT2D eigenvalue weighted by molar-refractivity contribution is 9.10. The molecule has 2 fully saturated rings. The van der Waals surface area contributed by atoms with Gasteiger partial charge in [-0.1, -0.05) is 28.1 Å². The van der Waals surface area contributed by atoms with Crippen molar-refractivity contribution >= 4 is 15.9 Å². The van der Waals surface area contributed by atoms with Crippen molar-refractivity contribution in [2.75, 3.05) is 13.1 Å². The molecule has 1 aromatic rings. The van der Waals surface area contributed by atoms with Gasteiger partial charge in [-0.25, -0.2) is 0 Å². The van der Waals surface area contributed by atoms with Crippen molar-refractivity contribution in [3.8, 4) is 0 Å². The second-order valence-electron chi connectivity index (χ2n) is 6.28. The van der Waals surface area contributed by atoms with Crippen LogP contribution in [0.2, 0.25) is 0 Å². The second kappa shape index (κ2) is 4.87. The number of nitrogens with one attached hydrogen (secondary N) is 1. The van der Waals surface area contributed by atoms with E-state index in [1.807, 2.05) is 0 Å². The lowest BCUT2D eigenvalue weighted by Gasteiger charge is -2.30. The average Bonchev–Trinajstić information content (AvgIpc) is 2.95. The van der Waals surface area contributed by atoms with Crippen LogP contribution in [0.1, 0.15) is 42.9 Å². The second-order valence-corrected chi connectivity index (χ2v) is 7.14. The predicted molar refractivity (Wildman–Crippen MR) is 81.3 cm³/mol. The minimum absolute atomic E-state index is 0.661. The number of nitrogens with zero attached hydrogens (tertiary/aromatic N) is 1. The van der Waals surface area contributed by atoms with Crippen molar-refractivity contribution in [3.63, 3.8) is 0 Å². The number of rotatable bonds is 1. The van der Waals surface area contributed by atoms with Gasteiger partial charge in [0.15, 0.2) is 0 Å². The summed E-state index contributed by atoms with van der Waals surface area (Å²) in [6.45, 7) is 2.51. The van der Waals surface area contributed by atoms with E-state index in [1.165, 1.54) is 49.7 Å². The molecule has 2 heterocycles. The first kappa shape index (κ1) is 12.4. The first-order valence-corrected chi connectivity index (χ1v) is 8.38. The van der Waals surface area contributed by atoms with Gasteiger partial charge >= 0.3 is 0 Å². The van der Waals surface area contributed by atoms with Crippen LogP contribution >= 0.6 is 15.9 Å². The molecule has 3 aliphatic rings. The maximum absolute atomic E-state index is 3.79. The number of halogens is 1. The molecule has 2 aliphatic heterocycles. The van der Waals surface area contributed by atoms with Crippen LogP contribution in [-0.2, 0) is 6.42 Å². The molecular weight excluding hydrogens is 300 g/mol. The summed E-state index contributed by atoms with van der Waals surface area (Å²) in [6.07, 6.45) is 6.63. The van der Waals surface area contributed by atoms with Gasteiger partial charge in [0.1, 0.15) is 0 Å². The highest BCUT2D eigenvalue weighted by atomic mass is 79.9. The van der Waals surface area contributed by atoms with Crippen molar-refractivity contribution in [2.45, 2.75) is 50.2 Å². The van der Waals surface area contributed by atoms with E-state index in [9.17, 15) is 0 Å². The van der Waals surface area contributed by atoms with Crippen LogP contribution < -0.4 is 5.32 Å². The van der Waals surface area contributed by atoms with E-state index < -0.39 is 0 Å². The zero-order valence-electron chi connectivity index (χ0n) is 11.2. The largest absolute Gasteiger partial charge is 0.310 e. The van der Waals surface area contributed by atoms with Crippen molar-refractivity contribution in [2.24, 2.45) is 0 Å². The molecule has 2 bridgehead atoms. The van der Waals surface area contributed by atoms with Crippen LogP contribution in [0.25, 0.3) is 0 Å². The van der Waals surface area contributed by atoms with Gasteiger partial charge in [0.25, 0.3) is 0 Å². The molecule has 3 heteroatoms. The third kappa shape index (κ3) is 2.16. The molecule has 1 aromatic carbocycles. The average molecular weight is 321 g/mol. The quantitative estimate of drug-likeness (QED) is 0.854. The molecule has 0 spiro atoms. The van der Waals surface area contributed by atoms with Gasteiger partial charge in [-0.05, 0) is 49.3 Å². The molecule has 1 aliphatic carbocycles. The summed E-state index contributed by atoms with van der Waals surface area (Å²) < 4.78 is 1.31. The fourth-order valence-corrected chi connectivity index (χ4v) is 4.80. The molecule has 2 nitrogen and oxygen atoms in total. The number of likely N-dealkylation sites (tertiary alicyclic amines) is 1. The maximum Gasteiger partial charge on any atom is 0.0355 e. The Labute approximate surface area is 123 Å². The molecule has 4 rings (SSSR count). The molecular formula is C16H21BrN2. The molecule has 19 heavy (non-hydrogen) atoms. The van der Waals surface area contributed by atoms with Crippen LogP contribution in [0, 0.1) is 0 Å². The van der Waals surface area contributed by atoms with Gasteiger partial charge in [-0.15, -0.1) is 0 Å². The Morgan fingerprint density at radius 2 is 2.00 bits per heavy atom. The van der Waals surface area contributed by atoms with E-state index in [0.29, 0.717) is 6.04 Å². The van der Waals surface area contributed by atoms with Gasteiger partial charge in [-0.3, -0.25) is 4.90 Å². The summed E-state index contributed by atoms with van der Waals surface area (Å²) in [5.74, 6) is 0. The molecule has 0 amide bonds. The van der Waals surface area contributed by atoms with Crippen LogP contribution in [0.3, 0.4) is 0 Å². The Morgan fingerprint density at radius 3 is 2.95 bits per heavy atom. The zero-order valence-corrected chi connectivity index (χ0v) is 12.8. The predicted octanol–water partition coefficient (Wildman–Crippen LogP) is 3.26. The topological polar surface area (TPSA) is 15.3 Å². The summed E-state index contributed by atoms with van der Waals surface area (Å²) in [5.41, 5.74) is 3.13. The highest BCUT2D eigenvalue weighted by Gasteiger charge is 2.35. The summed E-state index contributed by atoms with van der Waals surface area (Å²) in [7, 11) is 0. The molecule has 0 aromatic heterocycles. The van der Waals surface area contributed by atoms with Crippen molar-refractivity contribution in [3.05, 3.63) is 33.8 Å². The highest BCUT2D eigenvalue weighted by Crippen LogP contribution is 2.40. The van der Waals surface area contributed by atoms with Gasteiger partial charge < -0.3 is 5.32 Å². The van der Waals surface area contributed by atoms with E-state index in [1.54, 1.807) is 11.1 Å². The summed E-state index contributed by atoms with van der Waals surface area (Å²) in [6, 6.07) is 8.92. The lowest BCUT2D eigenvalue weighted by molar-refractivity contribution is 0.187. The first-order chi connectivity index (χ1) is 9.31. The summed E-state index contributed by atoms with van der Waals surface area (Å²) in [4.78, 5) is 2.75. The van der Waals surface area contributed by atoms with E-state index in [-0.39, 0.29) is 0 Å². The van der Waals surface area contributed by atoms with Gasteiger partial charge in [-0.2, -0.15) is 0 Å². The molecule has 2 saturated heterocycles. The first-order valence-electron chi connectivity index (χ1n) is 7.58. The smallest absolute Gasteiger partial charge is 0.0355 e. The zero-order chi connectivity index (χ0) is 12.8. The van der Waals surface area contributed by atoms with Crippen molar-refractivity contribution in [1.29, 1.82) is 0 Å². The van der Waals surface area contributed by atoms with E-state index in [0.717, 1.165) is 12.1 Å². The molecule has 1 N–H and O–H groups in total. The fourth-order valence-electron chi connectivity index (χ4n) is 4.22. The van der Waals surface area contributed by atoms with E-state index >= 15 is 0 Å². The van der Waals surface area contributed by atoms with E-state index in [4.69, 9.17) is 0 Å². The monoisotopic (exact) mass is 320 g/mol. The van der Waals surface area contributed by atoms with Gasteiger partial charge in [0.2, 0.25) is 0 Å². The van der Waals surface area contributed by atoms with Crippen molar-refractivity contribution < 1.29 is 0 Å². The maximum atomic E-state index is 3.79. The molecule has 0 radical (unpaired) electrons. The van der Waals surface area contributed by atoms with Crippen LogP contribution in [-0.4, -0.2) is 30.1 Å². The fraction of sp³-hybridized carbons (Fsp3) is 0.625. The third-order valence-electron chi connectivity index (χ3n) is 5.18. The Bertz CT molecular complexity index is 488. The van der Waals surface area contributed by atoms with Gasteiger partial charge in [0.05, 0.1) is 0 Å². The summed E-state index contributed by atoms with van der Waals surface area (Å²) >= 11 is 3.72. The number of fused-ring (bicyclic) bond motifs is 3. The normalized spacial score (nSPS) is 34.3. The van der Waals surface area contributed by atoms with Crippen LogP contribution in [0.15, 0.2) is 22.7 Å². The number of hydrogen-bond donors (Lipinski definition) is 1. The molecule has 102 valence electrons.